The van der Waals surface area contributed by atoms with Crippen molar-refractivity contribution in [2.24, 2.45) is 0 Å². The van der Waals surface area contributed by atoms with Gasteiger partial charge in [-0.3, -0.25) is 0 Å². The SMILES string of the molecule is COc1c(C)cc(C)cc1CCCNC1CC1. The molecule has 0 aromatic heterocycles. The molecule has 1 aliphatic carbocycles. The first-order valence-electron chi connectivity index (χ1n) is 6.58. The van der Waals surface area contributed by atoms with Crippen molar-refractivity contribution in [1.82, 2.24) is 5.32 Å². The van der Waals surface area contributed by atoms with Gasteiger partial charge in [-0.05, 0) is 57.2 Å². The zero-order chi connectivity index (χ0) is 12.3. The van der Waals surface area contributed by atoms with Crippen molar-refractivity contribution in [3.63, 3.8) is 0 Å². The van der Waals surface area contributed by atoms with Crippen molar-refractivity contribution in [2.45, 2.75) is 45.6 Å². The summed E-state index contributed by atoms with van der Waals surface area (Å²) in [6.45, 7) is 5.40. The number of ether oxygens (including phenoxy) is 1. The minimum Gasteiger partial charge on any atom is -0.496 e. The van der Waals surface area contributed by atoms with Crippen LogP contribution >= 0.6 is 0 Å². The zero-order valence-electron chi connectivity index (χ0n) is 11.2. The summed E-state index contributed by atoms with van der Waals surface area (Å²) in [4.78, 5) is 0. The molecule has 1 N–H and O–H groups in total. The molecular formula is C15H23NO. The van der Waals surface area contributed by atoms with Gasteiger partial charge >= 0.3 is 0 Å². The molecule has 1 fully saturated rings. The van der Waals surface area contributed by atoms with E-state index in [1.807, 2.05) is 0 Å². The molecule has 1 saturated carbocycles. The lowest BCUT2D eigenvalue weighted by Crippen LogP contribution is -2.18. The molecule has 0 radical (unpaired) electrons. The van der Waals surface area contributed by atoms with Crippen LogP contribution in [0.4, 0.5) is 0 Å². The maximum atomic E-state index is 5.50. The van der Waals surface area contributed by atoms with Gasteiger partial charge < -0.3 is 10.1 Å². The van der Waals surface area contributed by atoms with Crippen LogP contribution in [0.15, 0.2) is 12.1 Å². The molecular weight excluding hydrogens is 210 g/mol. The fraction of sp³-hybridized carbons (Fsp3) is 0.600. The highest BCUT2D eigenvalue weighted by atomic mass is 16.5. The predicted octanol–water partition coefficient (Wildman–Crippen LogP) is 3.00. The lowest BCUT2D eigenvalue weighted by atomic mass is 10.0. The minimum absolute atomic E-state index is 0.816. The molecule has 0 atom stereocenters. The molecule has 2 heteroatoms. The van der Waals surface area contributed by atoms with Gasteiger partial charge in [0, 0.05) is 6.04 Å². The third-order valence-corrected chi connectivity index (χ3v) is 3.33. The predicted molar refractivity (Wildman–Crippen MR) is 71.8 cm³/mol. The smallest absolute Gasteiger partial charge is 0.124 e. The molecule has 0 bridgehead atoms. The highest BCUT2D eigenvalue weighted by Crippen LogP contribution is 2.26. The second-order valence-corrected chi connectivity index (χ2v) is 5.11. The van der Waals surface area contributed by atoms with Crippen LogP contribution in [0.2, 0.25) is 0 Å². The first kappa shape index (κ1) is 12.4. The minimum atomic E-state index is 0.816. The van der Waals surface area contributed by atoms with Crippen LogP contribution in [-0.4, -0.2) is 19.7 Å². The summed E-state index contributed by atoms with van der Waals surface area (Å²) < 4.78 is 5.50. The molecule has 1 aliphatic rings. The normalized spacial score (nSPS) is 15.0. The van der Waals surface area contributed by atoms with Crippen LogP contribution in [0.5, 0.6) is 5.75 Å². The second-order valence-electron chi connectivity index (χ2n) is 5.11. The maximum absolute atomic E-state index is 5.50. The molecule has 0 heterocycles. The van der Waals surface area contributed by atoms with E-state index in [-0.39, 0.29) is 0 Å². The molecule has 0 spiro atoms. The summed E-state index contributed by atoms with van der Waals surface area (Å²) in [5, 5.41) is 3.55. The van der Waals surface area contributed by atoms with Gasteiger partial charge in [-0.1, -0.05) is 17.7 Å². The van der Waals surface area contributed by atoms with E-state index in [1.165, 1.54) is 36.0 Å². The van der Waals surface area contributed by atoms with Crippen LogP contribution in [0, 0.1) is 13.8 Å². The fourth-order valence-electron chi connectivity index (χ4n) is 2.39. The third-order valence-electron chi connectivity index (χ3n) is 3.33. The Bertz CT molecular complexity index is 383. The average molecular weight is 233 g/mol. The number of methoxy groups -OCH3 is 1. The topological polar surface area (TPSA) is 21.3 Å². The Morgan fingerprint density at radius 1 is 1.29 bits per heavy atom. The van der Waals surface area contributed by atoms with Crippen molar-refractivity contribution in [1.29, 1.82) is 0 Å². The summed E-state index contributed by atoms with van der Waals surface area (Å²) in [6, 6.07) is 5.25. The highest BCUT2D eigenvalue weighted by Gasteiger charge is 2.19. The quantitative estimate of drug-likeness (QED) is 0.763. The van der Waals surface area contributed by atoms with Crippen LogP contribution in [-0.2, 0) is 6.42 Å². The van der Waals surface area contributed by atoms with Gasteiger partial charge in [-0.15, -0.1) is 0 Å². The van der Waals surface area contributed by atoms with Crippen LogP contribution in [0.1, 0.15) is 36.0 Å². The fourth-order valence-corrected chi connectivity index (χ4v) is 2.39. The number of hydrogen-bond donors (Lipinski definition) is 1. The van der Waals surface area contributed by atoms with Gasteiger partial charge in [0.1, 0.15) is 5.75 Å². The van der Waals surface area contributed by atoms with Gasteiger partial charge in [-0.25, -0.2) is 0 Å². The summed E-state index contributed by atoms with van der Waals surface area (Å²) in [5.74, 6) is 1.07. The van der Waals surface area contributed by atoms with Crippen LogP contribution < -0.4 is 10.1 Å². The van der Waals surface area contributed by atoms with E-state index >= 15 is 0 Å². The van der Waals surface area contributed by atoms with Crippen LogP contribution in [0.3, 0.4) is 0 Å². The van der Waals surface area contributed by atoms with E-state index in [2.05, 4.69) is 31.3 Å². The lowest BCUT2D eigenvalue weighted by Gasteiger charge is -2.13. The standard InChI is InChI=1S/C15H23NO/c1-11-9-12(2)15(17-3)13(10-11)5-4-8-16-14-6-7-14/h9-10,14,16H,4-8H2,1-3H3. The van der Waals surface area contributed by atoms with Gasteiger partial charge in [0.05, 0.1) is 7.11 Å². The number of nitrogens with one attached hydrogen (secondary N) is 1. The Kier molecular flexibility index (Phi) is 4.06. The number of rotatable bonds is 6. The Morgan fingerprint density at radius 2 is 2.06 bits per heavy atom. The molecule has 0 amide bonds. The molecule has 2 rings (SSSR count). The monoisotopic (exact) mass is 233 g/mol. The van der Waals surface area contributed by atoms with Gasteiger partial charge in [0.25, 0.3) is 0 Å². The molecule has 0 unspecified atom stereocenters. The van der Waals surface area contributed by atoms with Crippen molar-refractivity contribution in [2.75, 3.05) is 13.7 Å². The van der Waals surface area contributed by atoms with E-state index in [0.29, 0.717) is 0 Å². The Hall–Kier alpha value is -1.02. The molecule has 1 aromatic carbocycles. The Labute approximate surface area is 104 Å². The van der Waals surface area contributed by atoms with Crippen molar-refractivity contribution >= 4 is 0 Å². The summed E-state index contributed by atoms with van der Waals surface area (Å²) in [6.07, 6.45) is 5.03. The first-order valence-corrected chi connectivity index (χ1v) is 6.58. The van der Waals surface area contributed by atoms with Crippen molar-refractivity contribution < 1.29 is 4.74 Å². The maximum Gasteiger partial charge on any atom is 0.124 e. The summed E-state index contributed by atoms with van der Waals surface area (Å²) in [7, 11) is 1.77. The van der Waals surface area contributed by atoms with E-state index in [9.17, 15) is 0 Å². The number of benzene rings is 1. The molecule has 1 aromatic rings. The van der Waals surface area contributed by atoms with E-state index in [4.69, 9.17) is 4.74 Å². The van der Waals surface area contributed by atoms with Crippen molar-refractivity contribution in [3.05, 3.63) is 28.8 Å². The number of hydrogen-bond acceptors (Lipinski definition) is 2. The first-order chi connectivity index (χ1) is 8.20. The molecule has 0 aliphatic heterocycles. The third kappa shape index (κ3) is 3.47. The van der Waals surface area contributed by atoms with E-state index in [0.717, 1.165) is 24.8 Å². The lowest BCUT2D eigenvalue weighted by molar-refractivity contribution is 0.405. The summed E-state index contributed by atoms with van der Waals surface area (Å²) >= 11 is 0. The van der Waals surface area contributed by atoms with Gasteiger partial charge in [-0.2, -0.15) is 0 Å². The zero-order valence-corrected chi connectivity index (χ0v) is 11.2. The Balaban J connectivity index is 1.92. The second kappa shape index (κ2) is 5.54. The molecule has 0 saturated heterocycles. The molecule has 17 heavy (non-hydrogen) atoms. The molecule has 2 nitrogen and oxygen atoms in total. The number of aryl methyl sites for hydroxylation is 3. The van der Waals surface area contributed by atoms with Gasteiger partial charge in [0.15, 0.2) is 0 Å². The van der Waals surface area contributed by atoms with Crippen molar-refractivity contribution in [3.8, 4) is 5.75 Å². The highest BCUT2D eigenvalue weighted by molar-refractivity contribution is 5.43. The van der Waals surface area contributed by atoms with Crippen LogP contribution in [0.25, 0.3) is 0 Å². The van der Waals surface area contributed by atoms with E-state index < -0.39 is 0 Å². The Morgan fingerprint density at radius 3 is 2.71 bits per heavy atom. The average Bonchev–Trinajstić information content (AvgIpc) is 3.07. The van der Waals surface area contributed by atoms with E-state index in [1.54, 1.807) is 7.11 Å². The largest absolute Gasteiger partial charge is 0.496 e. The molecule has 94 valence electrons. The van der Waals surface area contributed by atoms with Gasteiger partial charge in [0.2, 0.25) is 0 Å². The summed E-state index contributed by atoms with van der Waals surface area (Å²) in [5.41, 5.74) is 3.92.